The monoisotopic (exact) mass is 610 g/mol. The van der Waals surface area contributed by atoms with Crippen LogP contribution in [0.2, 0.25) is 0 Å². The summed E-state index contributed by atoms with van der Waals surface area (Å²) in [6, 6.07) is 5.46. The lowest BCUT2D eigenvalue weighted by atomic mass is 10.0. The van der Waals surface area contributed by atoms with Crippen LogP contribution in [0.15, 0.2) is 27.1 Å². The van der Waals surface area contributed by atoms with Crippen LogP contribution in [-0.4, -0.2) is 13.2 Å². The molecule has 0 atom stereocenters. The molecule has 0 aromatic heterocycles. The fourth-order valence-electron chi connectivity index (χ4n) is 3.48. The van der Waals surface area contributed by atoms with E-state index in [1.807, 2.05) is 12.1 Å². The van der Waals surface area contributed by atoms with Gasteiger partial charge in [-0.25, -0.2) is 4.57 Å². The number of halogens is 2. The van der Waals surface area contributed by atoms with Gasteiger partial charge in [0.2, 0.25) is 0 Å². The SMILES string of the molecule is CC(C)CCCCCCCOP(=O)(OCCCCCCCC(C)C)Oc1ccc(Br)cc1Br. The van der Waals surface area contributed by atoms with E-state index in [-0.39, 0.29) is 0 Å². The highest BCUT2D eigenvalue weighted by Gasteiger charge is 2.29. The molecule has 0 heterocycles. The third-order valence-corrected chi connectivity index (χ3v) is 7.99. The molecule has 1 aromatic carbocycles. The van der Waals surface area contributed by atoms with Crippen LogP contribution in [-0.2, 0) is 13.6 Å². The molecule has 0 N–H and O–H groups in total. The predicted molar refractivity (Wildman–Crippen MR) is 147 cm³/mol. The molecule has 7 heteroatoms. The Morgan fingerprint density at radius 1 is 0.727 bits per heavy atom. The van der Waals surface area contributed by atoms with Crippen molar-refractivity contribution in [2.24, 2.45) is 11.8 Å². The van der Waals surface area contributed by atoms with E-state index in [2.05, 4.69) is 59.6 Å². The third kappa shape index (κ3) is 16.4. The fraction of sp³-hybridized carbons (Fsp3) is 0.769. The molecule has 0 spiro atoms. The van der Waals surface area contributed by atoms with Gasteiger partial charge in [0.05, 0.1) is 17.7 Å². The molecule has 33 heavy (non-hydrogen) atoms. The van der Waals surface area contributed by atoms with Crippen molar-refractivity contribution in [1.82, 2.24) is 0 Å². The lowest BCUT2D eigenvalue weighted by Gasteiger charge is -2.19. The summed E-state index contributed by atoms with van der Waals surface area (Å²) in [5.74, 6) is 2.00. The lowest BCUT2D eigenvalue weighted by molar-refractivity contribution is 0.150. The molecule has 0 aliphatic heterocycles. The molecule has 1 aromatic rings. The Bertz CT molecular complexity index is 654. The van der Waals surface area contributed by atoms with Crippen LogP contribution >= 0.6 is 39.7 Å². The summed E-state index contributed by atoms with van der Waals surface area (Å²) in [5.41, 5.74) is 0. The normalized spacial score (nSPS) is 12.1. The first-order valence-corrected chi connectivity index (χ1v) is 15.8. The number of benzene rings is 1. The smallest absolute Gasteiger partial charge is 0.403 e. The average molecular weight is 612 g/mol. The highest BCUT2D eigenvalue weighted by Crippen LogP contribution is 2.51. The minimum atomic E-state index is -3.68. The minimum absolute atomic E-state index is 0.380. The molecule has 0 aliphatic rings. The molecule has 0 amide bonds. The summed E-state index contributed by atoms with van der Waals surface area (Å²) >= 11 is 6.90. The topological polar surface area (TPSA) is 44.8 Å². The van der Waals surface area contributed by atoms with Crippen molar-refractivity contribution >= 4 is 39.7 Å². The second-order valence-corrected chi connectivity index (χ2v) is 13.0. The van der Waals surface area contributed by atoms with Crippen LogP contribution < -0.4 is 4.52 Å². The lowest BCUT2D eigenvalue weighted by Crippen LogP contribution is -2.05. The zero-order chi connectivity index (χ0) is 24.5. The Morgan fingerprint density at radius 2 is 1.18 bits per heavy atom. The highest BCUT2D eigenvalue weighted by molar-refractivity contribution is 9.11. The summed E-state index contributed by atoms with van der Waals surface area (Å²) in [7, 11) is -3.68. The van der Waals surface area contributed by atoms with Gasteiger partial charge in [-0.15, -0.1) is 0 Å². The highest BCUT2D eigenvalue weighted by atomic mass is 79.9. The fourth-order valence-corrected chi connectivity index (χ4v) is 6.02. The van der Waals surface area contributed by atoms with Gasteiger partial charge in [-0.2, -0.15) is 0 Å². The van der Waals surface area contributed by atoms with Crippen molar-refractivity contribution < 1.29 is 18.1 Å². The van der Waals surface area contributed by atoms with Crippen molar-refractivity contribution in [3.63, 3.8) is 0 Å². The van der Waals surface area contributed by atoms with Gasteiger partial charge in [-0.3, -0.25) is 9.05 Å². The van der Waals surface area contributed by atoms with E-state index in [1.54, 1.807) is 6.07 Å². The van der Waals surface area contributed by atoms with Gasteiger partial charge in [0, 0.05) is 4.47 Å². The summed E-state index contributed by atoms with van der Waals surface area (Å²) in [5, 5.41) is 0. The Balaban J connectivity index is 2.44. The quantitative estimate of drug-likeness (QED) is 0.109. The van der Waals surface area contributed by atoms with Crippen LogP contribution in [0.4, 0.5) is 0 Å². The molecular weight excluding hydrogens is 567 g/mol. The van der Waals surface area contributed by atoms with Gasteiger partial charge in [0.1, 0.15) is 5.75 Å². The van der Waals surface area contributed by atoms with E-state index in [4.69, 9.17) is 13.6 Å². The largest absolute Gasteiger partial charge is 0.530 e. The third-order valence-electron chi connectivity index (χ3n) is 5.45. The zero-order valence-corrected chi connectivity index (χ0v) is 25.2. The molecule has 0 unspecified atom stereocenters. The van der Waals surface area contributed by atoms with Crippen molar-refractivity contribution in [1.29, 1.82) is 0 Å². The number of rotatable bonds is 20. The van der Waals surface area contributed by atoms with E-state index < -0.39 is 7.82 Å². The summed E-state index contributed by atoms with van der Waals surface area (Å²) in [4.78, 5) is 0. The van der Waals surface area contributed by atoms with Crippen LogP contribution in [0, 0.1) is 11.8 Å². The van der Waals surface area contributed by atoms with E-state index in [9.17, 15) is 4.57 Å². The van der Waals surface area contributed by atoms with Gasteiger partial charge in [0.25, 0.3) is 0 Å². The molecule has 0 radical (unpaired) electrons. The van der Waals surface area contributed by atoms with Crippen molar-refractivity contribution in [3.8, 4) is 5.75 Å². The Labute approximate surface area is 219 Å². The van der Waals surface area contributed by atoms with Crippen LogP contribution in [0.1, 0.15) is 105 Å². The number of hydrogen-bond acceptors (Lipinski definition) is 4. The van der Waals surface area contributed by atoms with Crippen molar-refractivity contribution in [3.05, 3.63) is 27.1 Å². The number of phosphoric acid groups is 1. The van der Waals surface area contributed by atoms with Gasteiger partial charge >= 0.3 is 7.82 Å². The van der Waals surface area contributed by atoms with E-state index in [0.717, 1.165) is 42.0 Å². The van der Waals surface area contributed by atoms with Crippen molar-refractivity contribution in [2.45, 2.75) is 105 Å². The molecular formula is C26H45Br2O4P. The predicted octanol–water partition coefficient (Wildman–Crippen LogP) is 10.7. The van der Waals surface area contributed by atoms with Gasteiger partial charge in [-0.1, -0.05) is 108 Å². The first-order chi connectivity index (χ1) is 15.7. The molecule has 4 nitrogen and oxygen atoms in total. The van der Waals surface area contributed by atoms with Crippen LogP contribution in [0.25, 0.3) is 0 Å². The first-order valence-electron chi connectivity index (χ1n) is 12.8. The van der Waals surface area contributed by atoms with Crippen LogP contribution in [0.5, 0.6) is 5.75 Å². The van der Waals surface area contributed by atoms with Crippen molar-refractivity contribution in [2.75, 3.05) is 13.2 Å². The van der Waals surface area contributed by atoms with Crippen LogP contribution in [0.3, 0.4) is 0 Å². The second-order valence-electron chi connectivity index (χ2n) is 9.68. The summed E-state index contributed by atoms with van der Waals surface area (Å²) in [6.07, 6.45) is 13.8. The Morgan fingerprint density at radius 3 is 1.64 bits per heavy atom. The van der Waals surface area contributed by atoms with Gasteiger partial charge < -0.3 is 4.52 Å². The van der Waals surface area contributed by atoms with E-state index in [0.29, 0.717) is 23.4 Å². The number of phosphoric ester groups is 1. The van der Waals surface area contributed by atoms with E-state index in [1.165, 1.54) is 51.4 Å². The maximum absolute atomic E-state index is 13.3. The average Bonchev–Trinajstić information content (AvgIpc) is 2.73. The van der Waals surface area contributed by atoms with Gasteiger partial charge in [0.15, 0.2) is 0 Å². The van der Waals surface area contributed by atoms with E-state index >= 15 is 0 Å². The summed E-state index contributed by atoms with van der Waals surface area (Å²) < 4.78 is 32.2. The number of hydrogen-bond donors (Lipinski definition) is 0. The zero-order valence-electron chi connectivity index (χ0n) is 21.1. The van der Waals surface area contributed by atoms with Gasteiger partial charge in [-0.05, 0) is 58.8 Å². The maximum atomic E-state index is 13.3. The minimum Gasteiger partial charge on any atom is -0.403 e. The maximum Gasteiger partial charge on any atom is 0.530 e. The molecule has 0 bridgehead atoms. The first kappa shape index (κ1) is 31.2. The molecule has 0 saturated carbocycles. The molecule has 192 valence electrons. The molecule has 1 rings (SSSR count). The Kier molecular flexibility index (Phi) is 17.4. The molecule has 0 saturated heterocycles. The number of unbranched alkanes of at least 4 members (excludes halogenated alkanes) is 8. The molecule has 0 aliphatic carbocycles. The second kappa shape index (κ2) is 18.4. The Hall–Kier alpha value is 0.130. The standard InChI is InChI=1S/C26H45Br2O4P/c1-22(2)15-11-7-5-9-13-19-30-33(29,32-26-18-17-24(27)21-25(26)28)31-20-14-10-6-8-12-16-23(3)4/h17-18,21-23H,5-16,19-20H2,1-4H3. The molecule has 0 fully saturated rings. The summed E-state index contributed by atoms with van der Waals surface area (Å²) in [6.45, 7) is 9.82.